The van der Waals surface area contributed by atoms with Gasteiger partial charge >= 0.3 is 0 Å². The summed E-state index contributed by atoms with van der Waals surface area (Å²) in [5.74, 6) is -0.827. The van der Waals surface area contributed by atoms with Crippen molar-refractivity contribution in [2.75, 3.05) is 11.9 Å². The van der Waals surface area contributed by atoms with E-state index in [1.165, 1.54) is 12.1 Å². The van der Waals surface area contributed by atoms with Gasteiger partial charge in [-0.2, -0.15) is 0 Å². The minimum Gasteiger partial charge on any atom is -0.361 e. The van der Waals surface area contributed by atoms with E-state index in [4.69, 9.17) is 0 Å². The third-order valence-corrected chi connectivity index (χ3v) is 5.33. The number of aliphatic imine (C=N–C) groups is 1. The minimum atomic E-state index is -0.572. The highest BCUT2D eigenvalue weighted by atomic mass is 19.1. The molecule has 0 radical (unpaired) electrons. The monoisotopic (exact) mass is 428 g/mol. The lowest BCUT2D eigenvalue weighted by Crippen LogP contribution is -2.37. The summed E-state index contributed by atoms with van der Waals surface area (Å²) in [6, 6.07) is 21.8. The van der Waals surface area contributed by atoms with Gasteiger partial charge in [0.1, 0.15) is 5.82 Å². The van der Waals surface area contributed by atoms with E-state index < -0.39 is 11.7 Å². The quantitative estimate of drug-likeness (QED) is 0.288. The van der Waals surface area contributed by atoms with E-state index in [0.717, 1.165) is 34.1 Å². The molecule has 0 saturated heterocycles. The van der Waals surface area contributed by atoms with Crippen molar-refractivity contribution in [1.29, 1.82) is 0 Å². The van der Waals surface area contributed by atoms with Crippen LogP contribution in [0.2, 0.25) is 0 Å². The van der Waals surface area contributed by atoms with Crippen molar-refractivity contribution in [3.8, 4) is 0 Å². The van der Waals surface area contributed by atoms with Crippen LogP contribution >= 0.6 is 0 Å². The first-order valence-corrected chi connectivity index (χ1v) is 10.7. The zero-order valence-corrected chi connectivity index (χ0v) is 17.9. The van der Waals surface area contributed by atoms with E-state index in [-0.39, 0.29) is 5.56 Å². The van der Waals surface area contributed by atoms with Crippen molar-refractivity contribution in [2.45, 2.75) is 19.8 Å². The molecule has 4 aromatic rings. The van der Waals surface area contributed by atoms with Crippen LogP contribution in [0.1, 0.15) is 28.4 Å². The Labute approximate surface area is 186 Å². The third-order valence-electron chi connectivity index (χ3n) is 5.33. The van der Waals surface area contributed by atoms with Crippen molar-refractivity contribution in [3.05, 3.63) is 102 Å². The molecule has 1 aromatic heterocycles. The van der Waals surface area contributed by atoms with Crippen LogP contribution in [-0.2, 0) is 12.8 Å². The number of nitrogens with zero attached hydrogens (tertiary/aromatic N) is 1. The van der Waals surface area contributed by atoms with Crippen LogP contribution in [0.4, 0.5) is 10.1 Å². The number of hydrogen-bond donors (Lipinski definition) is 3. The van der Waals surface area contributed by atoms with Gasteiger partial charge in [-0.05, 0) is 48.2 Å². The Bertz CT molecular complexity index is 1260. The van der Waals surface area contributed by atoms with E-state index in [9.17, 15) is 9.18 Å². The van der Waals surface area contributed by atoms with E-state index in [2.05, 4.69) is 33.6 Å². The van der Waals surface area contributed by atoms with Crippen LogP contribution in [0.3, 0.4) is 0 Å². The normalized spacial score (nSPS) is 11.5. The molecule has 0 spiro atoms. The number of H-pyrrole nitrogens is 1. The number of benzene rings is 3. The number of para-hydroxylation sites is 2. The van der Waals surface area contributed by atoms with Crippen LogP contribution in [-0.4, -0.2) is 23.4 Å². The average molecular weight is 429 g/mol. The number of rotatable bonds is 6. The molecule has 0 aliphatic heterocycles. The molecule has 0 aliphatic rings. The number of fused-ring (bicyclic) bond motifs is 1. The molecule has 0 saturated carbocycles. The van der Waals surface area contributed by atoms with E-state index >= 15 is 0 Å². The second-order valence-electron chi connectivity index (χ2n) is 7.41. The maximum absolute atomic E-state index is 14.1. The Morgan fingerprint density at radius 1 is 0.969 bits per heavy atom. The molecule has 0 bridgehead atoms. The lowest BCUT2D eigenvalue weighted by molar-refractivity contribution is 0.0973. The zero-order chi connectivity index (χ0) is 22.3. The first-order chi connectivity index (χ1) is 15.7. The molecule has 1 heterocycles. The number of nitrogens with one attached hydrogen (secondary N) is 3. The van der Waals surface area contributed by atoms with Crippen LogP contribution < -0.4 is 10.6 Å². The fourth-order valence-corrected chi connectivity index (χ4v) is 3.64. The maximum atomic E-state index is 14.1. The van der Waals surface area contributed by atoms with Gasteiger partial charge in [-0.15, -0.1) is 0 Å². The first kappa shape index (κ1) is 21.3. The highest BCUT2D eigenvalue weighted by Gasteiger charge is 2.14. The second kappa shape index (κ2) is 9.92. The van der Waals surface area contributed by atoms with Crippen LogP contribution in [0, 0.1) is 5.82 Å². The van der Waals surface area contributed by atoms with Crippen molar-refractivity contribution in [1.82, 2.24) is 10.3 Å². The van der Waals surface area contributed by atoms with Gasteiger partial charge in [0.15, 0.2) is 0 Å². The Hall–Kier alpha value is -3.93. The van der Waals surface area contributed by atoms with Gasteiger partial charge in [0.05, 0.1) is 5.56 Å². The second-order valence-corrected chi connectivity index (χ2v) is 7.41. The van der Waals surface area contributed by atoms with E-state index in [1.54, 1.807) is 12.1 Å². The summed E-state index contributed by atoms with van der Waals surface area (Å²) in [6.45, 7) is 2.52. The van der Waals surface area contributed by atoms with E-state index in [0.29, 0.717) is 18.9 Å². The summed E-state index contributed by atoms with van der Waals surface area (Å²) in [4.78, 5) is 20.6. The summed E-state index contributed by atoms with van der Waals surface area (Å²) in [5.41, 5.74) is 4.15. The fraction of sp³-hybridized carbons (Fsp3) is 0.154. The lowest BCUT2D eigenvalue weighted by atomic mass is 10.1. The molecule has 0 fully saturated rings. The van der Waals surface area contributed by atoms with Gasteiger partial charge in [-0.1, -0.05) is 55.5 Å². The SMILES string of the molecule is CCc1ccccc1NC(=NCCc1c[nH]c2ccccc12)NC(=O)c1ccccc1F. The molecule has 0 aliphatic carbocycles. The molecule has 6 heteroatoms. The van der Waals surface area contributed by atoms with E-state index in [1.807, 2.05) is 48.7 Å². The van der Waals surface area contributed by atoms with Crippen LogP contribution in [0.25, 0.3) is 10.9 Å². The number of aromatic amines is 1. The topological polar surface area (TPSA) is 69.3 Å². The number of carbonyl (C=O) groups is 1. The first-order valence-electron chi connectivity index (χ1n) is 10.7. The van der Waals surface area contributed by atoms with Crippen LogP contribution in [0.5, 0.6) is 0 Å². The summed E-state index contributed by atoms with van der Waals surface area (Å²) < 4.78 is 14.1. The van der Waals surface area contributed by atoms with Gasteiger partial charge < -0.3 is 10.3 Å². The molecule has 1 amide bonds. The molecular weight excluding hydrogens is 403 g/mol. The summed E-state index contributed by atoms with van der Waals surface area (Å²) in [7, 11) is 0. The van der Waals surface area contributed by atoms with Gasteiger partial charge in [-0.25, -0.2) is 4.39 Å². The number of aromatic nitrogens is 1. The third kappa shape index (κ3) is 4.86. The molecule has 3 aromatic carbocycles. The van der Waals surface area contributed by atoms with Crippen molar-refractivity contribution in [2.24, 2.45) is 4.99 Å². The predicted molar refractivity (Wildman–Crippen MR) is 128 cm³/mol. The highest BCUT2D eigenvalue weighted by Crippen LogP contribution is 2.18. The number of halogens is 1. The number of anilines is 1. The van der Waals surface area contributed by atoms with Gasteiger partial charge in [0, 0.05) is 29.3 Å². The molecule has 3 N–H and O–H groups in total. The Balaban J connectivity index is 1.56. The summed E-state index contributed by atoms with van der Waals surface area (Å²) in [6.07, 6.45) is 3.50. The smallest absolute Gasteiger partial charge is 0.260 e. The van der Waals surface area contributed by atoms with Crippen molar-refractivity contribution in [3.63, 3.8) is 0 Å². The molecule has 0 atom stereocenters. The molecular formula is C26H25FN4O. The molecule has 4 rings (SSSR count). The number of guanidine groups is 1. The minimum absolute atomic E-state index is 0.0256. The Morgan fingerprint density at radius 3 is 2.56 bits per heavy atom. The number of carbonyl (C=O) groups excluding carboxylic acids is 1. The van der Waals surface area contributed by atoms with Crippen LogP contribution in [0.15, 0.2) is 84.0 Å². The van der Waals surface area contributed by atoms with Gasteiger partial charge in [-0.3, -0.25) is 15.1 Å². The highest BCUT2D eigenvalue weighted by molar-refractivity contribution is 6.10. The Morgan fingerprint density at radius 2 is 1.72 bits per heavy atom. The fourth-order valence-electron chi connectivity index (χ4n) is 3.64. The molecule has 32 heavy (non-hydrogen) atoms. The average Bonchev–Trinajstić information content (AvgIpc) is 3.22. The van der Waals surface area contributed by atoms with Crippen molar-refractivity contribution < 1.29 is 9.18 Å². The molecule has 0 unspecified atom stereocenters. The standard InChI is InChI=1S/C26H25FN4O/c1-2-18-9-3-7-13-23(18)30-26(31-25(32)21-11-4-6-12-22(21)27)28-16-15-19-17-29-24-14-8-5-10-20(19)24/h3-14,17,29H,2,15-16H2,1H3,(H2,28,30,31,32). The zero-order valence-electron chi connectivity index (χ0n) is 17.9. The largest absolute Gasteiger partial charge is 0.361 e. The van der Waals surface area contributed by atoms with Crippen molar-refractivity contribution >= 4 is 28.5 Å². The van der Waals surface area contributed by atoms with Gasteiger partial charge in [0.25, 0.3) is 5.91 Å². The molecule has 5 nitrogen and oxygen atoms in total. The number of amides is 1. The number of aryl methyl sites for hydroxylation is 1. The summed E-state index contributed by atoms with van der Waals surface area (Å²) >= 11 is 0. The number of hydrogen-bond acceptors (Lipinski definition) is 2. The predicted octanol–water partition coefficient (Wildman–Crippen LogP) is 5.31. The Kier molecular flexibility index (Phi) is 6.60. The molecule has 162 valence electrons. The maximum Gasteiger partial charge on any atom is 0.260 e. The van der Waals surface area contributed by atoms with Gasteiger partial charge in [0.2, 0.25) is 5.96 Å². The lowest BCUT2D eigenvalue weighted by Gasteiger charge is -2.14. The summed E-state index contributed by atoms with van der Waals surface area (Å²) in [5, 5.41) is 7.12.